The van der Waals surface area contributed by atoms with Crippen LogP contribution in [0.4, 0.5) is 0 Å². The molecule has 1 aliphatic heterocycles. The Kier molecular flexibility index (Phi) is 4.27. The molecule has 112 valence electrons. The molecule has 3 rings (SSSR count). The van der Waals surface area contributed by atoms with Crippen LogP contribution in [0.3, 0.4) is 0 Å². The molecule has 0 spiro atoms. The number of carbonyl (C=O) groups excluding carboxylic acids is 2. The van der Waals surface area contributed by atoms with Gasteiger partial charge in [0.25, 0.3) is 0 Å². The van der Waals surface area contributed by atoms with Crippen LogP contribution in [-0.2, 0) is 9.59 Å². The highest BCUT2D eigenvalue weighted by atomic mass is 16.2. The second-order valence-corrected chi connectivity index (χ2v) is 6.71. The molecule has 1 atom stereocenters. The van der Waals surface area contributed by atoms with Gasteiger partial charge in [-0.05, 0) is 44.4 Å². The van der Waals surface area contributed by atoms with Crippen molar-refractivity contribution < 1.29 is 9.59 Å². The first-order chi connectivity index (χ1) is 9.75. The summed E-state index contributed by atoms with van der Waals surface area (Å²) < 4.78 is 0. The summed E-state index contributed by atoms with van der Waals surface area (Å²) in [5.74, 6) is 1.19. The summed E-state index contributed by atoms with van der Waals surface area (Å²) in [6.45, 7) is 1.58. The minimum absolute atomic E-state index is 0.0840. The average molecular weight is 278 g/mol. The highest BCUT2D eigenvalue weighted by molar-refractivity contribution is 5.89. The van der Waals surface area contributed by atoms with Gasteiger partial charge in [-0.25, -0.2) is 0 Å². The van der Waals surface area contributed by atoms with Crippen molar-refractivity contribution in [2.75, 3.05) is 13.1 Å². The molecule has 1 N–H and O–H groups in total. The Morgan fingerprint density at radius 3 is 2.35 bits per heavy atom. The number of hydrogen-bond donors (Lipinski definition) is 1. The van der Waals surface area contributed by atoms with Gasteiger partial charge in [0.15, 0.2) is 0 Å². The zero-order valence-corrected chi connectivity index (χ0v) is 12.3. The van der Waals surface area contributed by atoms with Gasteiger partial charge in [0.2, 0.25) is 11.8 Å². The van der Waals surface area contributed by atoms with Crippen molar-refractivity contribution >= 4 is 11.8 Å². The van der Waals surface area contributed by atoms with E-state index in [9.17, 15) is 9.59 Å². The van der Waals surface area contributed by atoms with Gasteiger partial charge in [0.05, 0.1) is 0 Å². The van der Waals surface area contributed by atoms with Crippen LogP contribution in [0, 0.1) is 11.8 Å². The molecule has 2 aliphatic carbocycles. The molecule has 1 heterocycles. The minimum Gasteiger partial charge on any atom is -0.354 e. The highest BCUT2D eigenvalue weighted by Gasteiger charge is 2.37. The first-order valence-electron chi connectivity index (χ1n) is 8.34. The molecule has 4 nitrogen and oxygen atoms in total. The Bertz CT molecular complexity index is 373. The van der Waals surface area contributed by atoms with Crippen LogP contribution in [0.2, 0.25) is 0 Å². The van der Waals surface area contributed by atoms with Crippen molar-refractivity contribution in [1.29, 1.82) is 0 Å². The van der Waals surface area contributed by atoms with Gasteiger partial charge >= 0.3 is 0 Å². The fraction of sp³-hybridized carbons (Fsp3) is 0.875. The van der Waals surface area contributed by atoms with Crippen molar-refractivity contribution in [3.8, 4) is 0 Å². The maximum absolute atomic E-state index is 12.5. The lowest BCUT2D eigenvalue weighted by molar-refractivity contribution is -0.141. The molecule has 3 fully saturated rings. The van der Waals surface area contributed by atoms with E-state index in [1.165, 1.54) is 32.1 Å². The Morgan fingerprint density at radius 1 is 0.950 bits per heavy atom. The fourth-order valence-electron chi connectivity index (χ4n) is 3.77. The number of amides is 2. The number of carbonyl (C=O) groups is 2. The van der Waals surface area contributed by atoms with E-state index in [0.717, 1.165) is 38.8 Å². The van der Waals surface area contributed by atoms with Crippen molar-refractivity contribution in [3.05, 3.63) is 0 Å². The van der Waals surface area contributed by atoms with E-state index in [1.807, 2.05) is 4.90 Å². The van der Waals surface area contributed by atoms with Gasteiger partial charge in [-0.15, -0.1) is 0 Å². The predicted octanol–water partition coefficient (Wildman–Crippen LogP) is 2.08. The Morgan fingerprint density at radius 2 is 1.70 bits per heavy atom. The van der Waals surface area contributed by atoms with Gasteiger partial charge in [-0.1, -0.05) is 19.3 Å². The lowest BCUT2D eigenvalue weighted by atomic mass is 9.85. The van der Waals surface area contributed by atoms with E-state index >= 15 is 0 Å². The SMILES string of the molecule is O=C(NCC1CCC1)[C@@H]1CCCN1C(=O)C1CCCC1. The molecule has 0 aromatic heterocycles. The molecule has 0 aromatic carbocycles. The van der Waals surface area contributed by atoms with Gasteiger partial charge in [-0.2, -0.15) is 0 Å². The van der Waals surface area contributed by atoms with Crippen molar-refractivity contribution in [2.24, 2.45) is 11.8 Å². The van der Waals surface area contributed by atoms with E-state index in [1.54, 1.807) is 0 Å². The lowest BCUT2D eigenvalue weighted by Gasteiger charge is -2.29. The number of rotatable bonds is 4. The number of hydrogen-bond acceptors (Lipinski definition) is 2. The summed E-state index contributed by atoms with van der Waals surface area (Å²) >= 11 is 0. The third-order valence-electron chi connectivity index (χ3n) is 5.33. The molecular weight excluding hydrogens is 252 g/mol. The summed E-state index contributed by atoms with van der Waals surface area (Å²) in [5, 5.41) is 3.07. The molecule has 4 heteroatoms. The van der Waals surface area contributed by atoms with Crippen LogP contribution in [0.5, 0.6) is 0 Å². The minimum atomic E-state index is -0.192. The van der Waals surface area contributed by atoms with E-state index in [2.05, 4.69) is 5.32 Å². The number of nitrogens with one attached hydrogen (secondary N) is 1. The largest absolute Gasteiger partial charge is 0.354 e. The second kappa shape index (κ2) is 6.15. The Hall–Kier alpha value is -1.06. The normalized spacial score (nSPS) is 27.6. The average Bonchev–Trinajstić information content (AvgIpc) is 3.07. The third kappa shape index (κ3) is 2.84. The molecular formula is C16H26N2O2. The summed E-state index contributed by atoms with van der Waals surface area (Å²) in [6, 6.07) is -0.192. The zero-order valence-electron chi connectivity index (χ0n) is 12.3. The topological polar surface area (TPSA) is 49.4 Å². The molecule has 2 saturated carbocycles. The van der Waals surface area contributed by atoms with Gasteiger partial charge in [0.1, 0.15) is 6.04 Å². The van der Waals surface area contributed by atoms with Gasteiger partial charge in [0, 0.05) is 19.0 Å². The van der Waals surface area contributed by atoms with Crippen LogP contribution < -0.4 is 5.32 Å². The summed E-state index contributed by atoms with van der Waals surface area (Å²) in [5.41, 5.74) is 0. The monoisotopic (exact) mass is 278 g/mol. The molecule has 2 amide bonds. The summed E-state index contributed by atoms with van der Waals surface area (Å²) in [6.07, 6.45) is 9.99. The molecule has 0 radical (unpaired) electrons. The molecule has 0 aromatic rings. The van der Waals surface area contributed by atoms with E-state index in [0.29, 0.717) is 5.92 Å². The second-order valence-electron chi connectivity index (χ2n) is 6.71. The standard InChI is InChI=1S/C16H26N2O2/c19-15(17-11-12-5-3-6-12)14-9-4-10-18(14)16(20)13-7-1-2-8-13/h12-14H,1-11H2,(H,17,19)/t14-/m0/s1. The van der Waals surface area contributed by atoms with E-state index < -0.39 is 0 Å². The smallest absolute Gasteiger partial charge is 0.242 e. The van der Waals surface area contributed by atoms with E-state index in [4.69, 9.17) is 0 Å². The Labute approximate surface area is 121 Å². The lowest BCUT2D eigenvalue weighted by Crippen LogP contribution is -2.48. The molecule has 0 bridgehead atoms. The summed E-state index contributed by atoms with van der Waals surface area (Å²) in [7, 11) is 0. The third-order valence-corrected chi connectivity index (χ3v) is 5.33. The number of nitrogens with zero attached hydrogens (tertiary/aromatic N) is 1. The quantitative estimate of drug-likeness (QED) is 0.856. The van der Waals surface area contributed by atoms with Crippen LogP contribution in [-0.4, -0.2) is 35.8 Å². The molecule has 3 aliphatic rings. The molecule has 20 heavy (non-hydrogen) atoms. The van der Waals surface area contributed by atoms with Crippen LogP contribution in [0.15, 0.2) is 0 Å². The van der Waals surface area contributed by atoms with Crippen LogP contribution >= 0.6 is 0 Å². The maximum atomic E-state index is 12.5. The van der Waals surface area contributed by atoms with Crippen molar-refractivity contribution in [3.63, 3.8) is 0 Å². The molecule has 0 unspecified atom stereocenters. The number of likely N-dealkylation sites (tertiary alicyclic amines) is 1. The van der Waals surface area contributed by atoms with Gasteiger partial charge in [-0.3, -0.25) is 9.59 Å². The summed E-state index contributed by atoms with van der Waals surface area (Å²) in [4.78, 5) is 26.7. The van der Waals surface area contributed by atoms with Gasteiger partial charge < -0.3 is 10.2 Å². The van der Waals surface area contributed by atoms with Crippen LogP contribution in [0.25, 0.3) is 0 Å². The zero-order chi connectivity index (χ0) is 13.9. The predicted molar refractivity (Wildman–Crippen MR) is 77.0 cm³/mol. The van der Waals surface area contributed by atoms with Crippen LogP contribution in [0.1, 0.15) is 57.8 Å². The highest BCUT2D eigenvalue weighted by Crippen LogP contribution is 2.30. The van der Waals surface area contributed by atoms with Crippen molar-refractivity contribution in [2.45, 2.75) is 63.8 Å². The van der Waals surface area contributed by atoms with Crippen molar-refractivity contribution in [1.82, 2.24) is 10.2 Å². The maximum Gasteiger partial charge on any atom is 0.242 e. The van der Waals surface area contributed by atoms with E-state index in [-0.39, 0.29) is 23.8 Å². The first kappa shape index (κ1) is 13.9. The Balaban J connectivity index is 1.53. The first-order valence-corrected chi connectivity index (χ1v) is 8.34. The fourth-order valence-corrected chi connectivity index (χ4v) is 3.77. The molecule has 1 saturated heterocycles.